The lowest BCUT2D eigenvalue weighted by Gasteiger charge is -2.31. The maximum atomic E-state index is 4.82. The molecule has 1 fully saturated rings. The minimum Gasteiger partial charge on any atom is -0.320 e. The van der Waals surface area contributed by atoms with Gasteiger partial charge in [-0.1, -0.05) is 12.1 Å². The van der Waals surface area contributed by atoms with Crippen LogP contribution in [-0.4, -0.2) is 41.5 Å². The number of piperidine rings is 1. The van der Waals surface area contributed by atoms with Gasteiger partial charge in [0.15, 0.2) is 0 Å². The molecule has 1 aromatic heterocycles. The highest BCUT2D eigenvalue weighted by Gasteiger charge is 2.20. The number of hydrogen-bond acceptors (Lipinski definition) is 4. The second kappa shape index (κ2) is 7.16. The topological polar surface area (TPSA) is 41.0 Å². The maximum Gasteiger partial charge on any atom is 0.0890 e. The molecule has 0 amide bonds. The first-order chi connectivity index (χ1) is 10.8. The van der Waals surface area contributed by atoms with Crippen LogP contribution in [0.2, 0.25) is 0 Å². The van der Waals surface area contributed by atoms with Crippen LogP contribution in [-0.2, 0) is 6.54 Å². The van der Waals surface area contributed by atoms with Crippen molar-refractivity contribution >= 4 is 11.0 Å². The molecule has 1 aliphatic rings. The Labute approximate surface area is 133 Å². The molecular weight excluding hydrogens is 272 g/mol. The third kappa shape index (κ3) is 3.62. The van der Waals surface area contributed by atoms with E-state index in [1.807, 2.05) is 25.2 Å². The number of aryl methyl sites for hydroxylation is 1. The number of nitrogens with zero attached hydrogens (tertiary/aromatic N) is 3. The molecule has 0 spiro atoms. The fourth-order valence-corrected chi connectivity index (χ4v) is 3.27. The van der Waals surface area contributed by atoms with Gasteiger partial charge in [-0.25, -0.2) is 9.97 Å². The Bertz CT molecular complexity index is 618. The van der Waals surface area contributed by atoms with Gasteiger partial charge in [0.1, 0.15) is 0 Å². The Morgan fingerprint density at radius 3 is 2.50 bits per heavy atom. The van der Waals surface area contributed by atoms with Gasteiger partial charge in [-0.05, 0) is 70.9 Å². The highest BCUT2D eigenvalue weighted by Crippen LogP contribution is 2.22. The van der Waals surface area contributed by atoms with Gasteiger partial charge >= 0.3 is 0 Å². The second-order valence-electron chi connectivity index (χ2n) is 6.36. The summed E-state index contributed by atoms with van der Waals surface area (Å²) in [6.07, 6.45) is 3.92. The lowest BCUT2D eigenvalue weighted by molar-refractivity contribution is 0.170. The van der Waals surface area contributed by atoms with Gasteiger partial charge in [0.25, 0.3) is 0 Å². The van der Waals surface area contributed by atoms with Crippen molar-refractivity contribution in [1.29, 1.82) is 0 Å². The van der Waals surface area contributed by atoms with Crippen LogP contribution in [0.3, 0.4) is 0 Å². The van der Waals surface area contributed by atoms with E-state index in [2.05, 4.69) is 23.2 Å². The minimum absolute atomic E-state index is 0.882. The predicted molar refractivity (Wildman–Crippen MR) is 90.8 cm³/mol. The molecule has 0 unspecified atom stereocenters. The first-order valence-electron chi connectivity index (χ1n) is 8.35. The van der Waals surface area contributed by atoms with Gasteiger partial charge in [-0.2, -0.15) is 0 Å². The van der Waals surface area contributed by atoms with Crippen LogP contribution < -0.4 is 5.32 Å². The molecule has 0 radical (unpaired) electrons. The zero-order chi connectivity index (χ0) is 15.4. The predicted octanol–water partition coefficient (Wildman–Crippen LogP) is 2.76. The molecule has 118 valence electrons. The normalized spacial score (nSPS) is 17.2. The third-order valence-electron chi connectivity index (χ3n) is 4.73. The molecule has 2 heterocycles. The summed E-state index contributed by atoms with van der Waals surface area (Å²) in [5.41, 5.74) is 4.20. The van der Waals surface area contributed by atoms with E-state index >= 15 is 0 Å². The molecule has 0 aliphatic carbocycles. The summed E-state index contributed by atoms with van der Waals surface area (Å²) in [6.45, 7) is 6.52. The molecule has 4 nitrogen and oxygen atoms in total. The van der Waals surface area contributed by atoms with E-state index in [9.17, 15) is 0 Å². The number of hydrogen-bond donors (Lipinski definition) is 1. The van der Waals surface area contributed by atoms with Gasteiger partial charge in [-0.3, -0.25) is 4.90 Å². The van der Waals surface area contributed by atoms with Crippen LogP contribution in [0.4, 0.5) is 0 Å². The van der Waals surface area contributed by atoms with E-state index in [1.54, 1.807) is 0 Å². The van der Waals surface area contributed by atoms with E-state index in [1.165, 1.54) is 32.4 Å². The molecule has 1 aromatic carbocycles. The molecule has 22 heavy (non-hydrogen) atoms. The zero-order valence-electron chi connectivity index (χ0n) is 13.7. The number of aromatic nitrogens is 2. The number of nitrogens with one attached hydrogen (secondary N) is 1. The highest BCUT2D eigenvalue weighted by atomic mass is 15.1. The zero-order valence-corrected chi connectivity index (χ0v) is 13.7. The molecule has 0 saturated carbocycles. The first kappa shape index (κ1) is 15.4. The molecule has 3 rings (SSSR count). The Hall–Kier alpha value is -1.52. The first-order valence-corrected chi connectivity index (χ1v) is 8.35. The smallest absolute Gasteiger partial charge is 0.0890 e. The van der Waals surface area contributed by atoms with Crippen LogP contribution in [0.5, 0.6) is 0 Å². The van der Waals surface area contributed by atoms with Crippen LogP contribution >= 0.6 is 0 Å². The number of rotatable bonds is 5. The fourth-order valence-electron chi connectivity index (χ4n) is 3.27. The Morgan fingerprint density at radius 2 is 1.82 bits per heavy atom. The number of fused-ring (bicyclic) bond motifs is 1. The van der Waals surface area contributed by atoms with Crippen LogP contribution in [0.25, 0.3) is 11.0 Å². The molecule has 2 aromatic rings. The second-order valence-corrected chi connectivity index (χ2v) is 6.36. The third-order valence-corrected chi connectivity index (χ3v) is 4.73. The Morgan fingerprint density at radius 1 is 1.14 bits per heavy atom. The van der Waals surface area contributed by atoms with Crippen LogP contribution in [0.15, 0.2) is 24.3 Å². The summed E-state index contributed by atoms with van der Waals surface area (Å²) in [5.74, 6) is 0.882. The van der Waals surface area contributed by atoms with Crippen molar-refractivity contribution in [1.82, 2.24) is 20.2 Å². The van der Waals surface area contributed by atoms with Gasteiger partial charge < -0.3 is 5.32 Å². The van der Waals surface area contributed by atoms with Crippen molar-refractivity contribution in [2.75, 3.05) is 26.7 Å². The molecule has 1 aliphatic heterocycles. The van der Waals surface area contributed by atoms with Gasteiger partial charge in [0.05, 0.1) is 22.4 Å². The van der Waals surface area contributed by atoms with Crippen LogP contribution in [0, 0.1) is 12.8 Å². The van der Waals surface area contributed by atoms with E-state index in [0.717, 1.165) is 41.4 Å². The summed E-state index contributed by atoms with van der Waals surface area (Å²) < 4.78 is 0. The summed E-state index contributed by atoms with van der Waals surface area (Å²) in [4.78, 5) is 12.1. The number of para-hydroxylation sites is 2. The van der Waals surface area contributed by atoms with Crippen molar-refractivity contribution in [2.45, 2.75) is 32.7 Å². The highest BCUT2D eigenvalue weighted by molar-refractivity contribution is 5.74. The maximum absolute atomic E-state index is 4.82. The summed E-state index contributed by atoms with van der Waals surface area (Å²) in [6, 6.07) is 8.14. The summed E-state index contributed by atoms with van der Waals surface area (Å²) in [7, 11) is 2.04. The molecule has 0 atom stereocenters. The molecule has 1 N–H and O–H groups in total. The monoisotopic (exact) mass is 298 g/mol. The average Bonchev–Trinajstić information content (AvgIpc) is 2.55. The quantitative estimate of drug-likeness (QED) is 0.921. The molecule has 0 bridgehead atoms. The summed E-state index contributed by atoms with van der Waals surface area (Å²) >= 11 is 0. The average molecular weight is 298 g/mol. The Balaban J connectivity index is 1.63. The Kier molecular flexibility index (Phi) is 5.01. The van der Waals surface area contributed by atoms with Crippen LogP contribution in [0.1, 0.15) is 30.7 Å². The van der Waals surface area contributed by atoms with E-state index in [4.69, 9.17) is 9.97 Å². The number of likely N-dealkylation sites (tertiary alicyclic amines) is 1. The molecular formula is C18H26N4. The lowest BCUT2D eigenvalue weighted by atomic mass is 9.93. The van der Waals surface area contributed by atoms with E-state index in [0.29, 0.717) is 0 Å². The van der Waals surface area contributed by atoms with E-state index in [-0.39, 0.29) is 0 Å². The van der Waals surface area contributed by atoms with Crippen molar-refractivity contribution in [3.63, 3.8) is 0 Å². The summed E-state index contributed by atoms with van der Waals surface area (Å²) in [5, 5.41) is 3.26. The van der Waals surface area contributed by atoms with Gasteiger partial charge in [-0.15, -0.1) is 0 Å². The van der Waals surface area contributed by atoms with Crippen molar-refractivity contribution < 1.29 is 0 Å². The molecule has 4 heteroatoms. The fraction of sp³-hybridized carbons (Fsp3) is 0.556. The largest absolute Gasteiger partial charge is 0.320 e. The van der Waals surface area contributed by atoms with Crippen molar-refractivity contribution in [3.8, 4) is 0 Å². The standard InChI is InChI=1S/C18H26N4/c1-14-18(21-17-6-4-3-5-16(17)20-14)13-22-11-8-15(9-12-22)7-10-19-2/h3-6,15,19H,7-13H2,1-2H3. The number of benzene rings is 1. The van der Waals surface area contributed by atoms with Gasteiger partial charge in [0.2, 0.25) is 0 Å². The SMILES string of the molecule is CNCCC1CCN(Cc2nc3ccccc3nc2C)CC1. The molecule has 1 saturated heterocycles. The van der Waals surface area contributed by atoms with E-state index < -0.39 is 0 Å². The van der Waals surface area contributed by atoms with Crippen molar-refractivity contribution in [2.24, 2.45) is 5.92 Å². The van der Waals surface area contributed by atoms with Gasteiger partial charge in [0, 0.05) is 6.54 Å². The van der Waals surface area contributed by atoms with Crippen molar-refractivity contribution in [3.05, 3.63) is 35.7 Å². The minimum atomic E-state index is 0.882. The lowest BCUT2D eigenvalue weighted by Crippen LogP contribution is -2.34.